The lowest BCUT2D eigenvalue weighted by Crippen LogP contribution is -2.27. The molecular weight excluding hydrogens is 268 g/mol. The second kappa shape index (κ2) is 6.16. The number of phenolic OH excluding ortho intramolecular Hbond substituents is 1. The molecular formula is C21H26O. The van der Waals surface area contributed by atoms with Crippen LogP contribution in [0.4, 0.5) is 0 Å². The van der Waals surface area contributed by atoms with Crippen LogP contribution in [0.1, 0.15) is 60.8 Å². The molecule has 0 radical (unpaired) electrons. The van der Waals surface area contributed by atoms with Crippen LogP contribution in [-0.4, -0.2) is 5.11 Å². The van der Waals surface area contributed by atoms with E-state index in [1.807, 2.05) is 13.0 Å². The predicted molar refractivity (Wildman–Crippen MR) is 92.5 cm³/mol. The van der Waals surface area contributed by atoms with Crippen LogP contribution >= 0.6 is 0 Å². The van der Waals surface area contributed by atoms with E-state index in [0.29, 0.717) is 5.75 Å². The van der Waals surface area contributed by atoms with Crippen LogP contribution in [0.3, 0.4) is 0 Å². The van der Waals surface area contributed by atoms with Crippen molar-refractivity contribution in [1.29, 1.82) is 0 Å². The molecule has 0 heterocycles. The van der Waals surface area contributed by atoms with E-state index >= 15 is 0 Å². The molecule has 1 saturated carbocycles. The molecule has 0 spiro atoms. The molecule has 1 nitrogen and oxygen atoms in total. The van der Waals surface area contributed by atoms with Gasteiger partial charge < -0.3 is 5.11 Å². The highest BCUT2D eigenvalue weighted by atomic mass is 16.3. The molecule has 22 heavy (non-hydrogen) atoms. The number of phenols is 1. The average molecular weight is 294 g/mol. The maximum atomic E-state index is 9.90. The Hall–Kier alpha value is -1.76. The minimum atomic E-state index is 0.112. The number of benzene rings is 2. The lowest BCUT2D eigenvalue weighted by atomic mass is 9.69. The summed E-state index contributed by atoms with van der Waals surface area (Å²) in [7, 11) is 0. The summed E-state index contributed by atoms with van der Waals surface area (Å²) in [5, 5.41) is 9.90. The van der Waals surface area contributed by atoms with Gasteiger partial charge in [-0.05, 0) is 49.4 Å². The minimum Gasteiger partial charge on any atom is -0.508 e. The molecule has 3 rings (SSSR count). The number of rotatable bonds is 2. The Morgan fingerprint density at radius 2 is 1.50 bits per heavy atom. The minimum absolute atomic E-state index is 0.112. The largest absolute Gasteiger partial charge is 0.508 e. The van der Waals surface area contributed by atoms with Crippen molar-refractivity contribution in [2.75, 3.05) is 0 Å². The van der Waals surface area contributed by atoms with Crippen molar-refractivity contribution < 1.29 is 5.11 Å². The molecule has 0 amide bonds. The van der Waals surface area contributed by atoms with E-state index in [-0.39, 0.29) is 5.41 Å². The predicted octanol–water partition coefficient (Wildman–Crippen LogP) is 5.65. The van der Waals surface area contributed by atoms with Crippen LogP contribution in [0, 0.1) is 13.8 Å². The highest BCUT2D eigenvalue weighted by Crippen LogP contribution is 2.44. The third kappa shape index (κ3) is 2.77. The van der Waals surface area contributed by atoms with Crippen molar-refractivity contribution in [2.24, 2.45) is 0 Å². The molecule has 0 bridgehead atoms. The second-order valence-electron chi connectivity index (χ2n) is 6.87. The van der Waals surface area contributed by atoms with Crippen molar-refractivity contribution in [2.45, 2.75) is 57.8 Å². The van der Waals surface area contributed by atoms with Crippen molar-refractivity contribution in [3.05, 3.63) is 64.7 Å². The number of hydrogen-bond acceptors (Lipinski definition) is 1. The van der Waals surface area contributed by atoms with E-state index in [1.165, 1.54) is 55.2 Å². The summed E-state index contributed by atoms with van der Waals surface area (Å²) in [6.07, 6.45) is 7.67. The van der Waals surface area contributed by atoms with Gasteiger partial charge in [-0.15, -0.1) is 0 Å². The van der Waals surface area contributed by atoms with Gasteiger partial charge in [0.25, 0.3) is 0 Å². The molecule has 1 heteroatoms. The highest BCUT2D eigenvalue weighted by molar-refractivity contribution is 5.45. The lowest BCUT2D eigenvalue weighted by molar-refractivity contribution is 0.441. The fourth-order valence-electron chi connectivity index (χ4n) is 3.97. The summed E-state index contributed by atoms with van der Waals surface area (Å²) in [6.45, 7) is 4.18. The summed E-state index contributed by atoms with van der Waals surface area (Å²) >= 11 is 0. The van der Waals surface area contributed by atoms with Gasteiger partial charge in [-0.25, -0.2) is 0 Å². The maximum absolute atomic E-state index is 9.90. The zero-order chi connectivity index (χ0) is 15.6. The van der Waals surface area contributed by atoms with Crippen LogP contribution in [0.25, 0.3) is 0 Å². The molecule has 1 aliphatic rings. The first kappa shape index (κ1) is 15.1. The molecule has 2 aromatic carbocycles. The van der Waals surface area contributed by atoms with Crippen molar-refractivity contribution in [3.8, 4) is 5.75 Å². The fourth-order valence-corrected chi connectivity index (χ4v) is 3.97. The number of aryl methyl sites for hydroxylation is 2. The van der Waals surface area contributed by atoms with Crippen molar-refractivity contribution in [1.82, 2.24) is 0 Å². The smallest absolute Gasteiger partial charge is 0.118 e. The Bertz CT molecular complexity index is 649. The van der Waals surface area contributed by atoms with Gasteiger partial charge in [0.2, 0.25) is 0 Å². The van der Waals surface area contributed by atoms with Gasteiger partial charge >= 0.3 is 0 Å². The van der Waals surface area contributed by atoms with Gasteiger partial charge in [-0.2, -0.15) is 0 Å². The van der Waals surface area contributed by atoms with Crippen molar-refractivity contribution >= 4 is 0 Å². The lowest BCUT2D eigenvalue weighted by Gasteiger charge is -2.35. The van der Waals surface area contributed by atoms with E-state index < -0.39 is 0 Å². The first-order chi connectivity index (χ1) is 10.6. The molecule has 0 atom stereocenters. The Balaban J connectivity index is 2.15. The van der Waals surface area contributed by atoms with Gasteiger partial charge in [0.05, 0.1) is 0 Å². The van der Waals surface area contributed by atoms with Crippen LogP contribution < -0.4 is 0 Å². The normalized spacial score (nSPS) is 17.9. The van der Waals surface area contributed by atoms with E-state index in [9.17, 15) is 5.11 Å². The van der Waals surface area contributed by atoms with Gasteiger partial charge in [0, 0.05) is 5.41 Å². The highest BCUT2D eigenvalue weighted by Gasteiger charge is 2.34. The molecule has 1 fully saturated rings. The summed E-state index contributed by atoms with van der Waals surface area (Å²) in [5.41, 5.74) is 5.24. The first-order valence-electron chi connectivity index (χ1n) is 8.49. The van der Waals surface area contributed by atoms with Crippen molar-refractivity contribution in [3.63, 3.8) is 0 Å². The monoisotopic (exact) mass is 294 g/mol. The molecule has 1 N–H and O–H groups in total. The molecule has 2 aromatic rings. The summed E-state index contributed by atoms with van der Waals surface area (Å²) in [5.74, 6) is 0.400. The van der Waals surface area contributed by atoms with Gasteiger partial charge in [-0.3, -0.25) is 0 Å². The van der Waals surface area contributed by atoms with Crippen LogP contribution in [0.15, 0.2) is 42.5 Å². The Kier molecular flexibility index (Phi) is 4.24. The molecule has 116 valence electrons. The van der Waals surface area contributed by atoms with E-state index in [1.54, 1.807) is 0 Å². The van der Waals surface area contributed by atoms with Gasteiger partial charge in [0.15, 0.2) is 0 Å². The van der Waals surface area contributed by atoms with Gasteiger partial charge in [0.1, 0.15) is 5.75 Å². The van der Waals surface area contributed by atoms with Crippen LogP contribution in [0.5, 0.6) is 5.75 Å². The number of aromatic hydroxyl groups is 1. The number of hydrogen-bond donors (Lipinski definition) is 1. The Morgan fingerprint density at radius 1 is 0.818 bits per heavy atom. The quantitative estimate of drug-likeness (QED) is 0.710. The molecule has 0 unspecified atom stereocenters. The third-order valence-corrected chi connectivity index (χ3v) is 5.28. The second-order valence-corrected chi connectivity index (χ2v) is 6.87. The zero-order valence-electron chi connectivity index (χ0n) is 13.7. The maximum Gasteiger partial charge on any atom is 0.118 e. The summed E-state index contributed by atoms with van der Waals surface area (Å²) < 4.78 is 0. The molecule has 0 saturated heterocycles. The zero-order valence-corrected chi connectivity index (χ0v) is 13.7. The van der Waals surface area contributed by atoms with Crippen LogP contribution in [0.2, 0.25) is 0 Å². The summed E-state index contributed by atoms with van der Waals surface area (Å²) in [4.78, 5) is 0. The van der Waals surface area contributed by atoms with Crippen LogP contribution in [-0.2, 0) is 5.41 Å². The summed E-state index contributed by atoms with van der Waals surface area (Å²) in [6, 6.07) is 15.2. The van der Waals surface area contributed by atoms with Gasteiger partial charge in [-0.1, -0.05) is 67.6 Å². The average Bonchev–Trinajstić information content (AvgIpc) is 2.77. The van der Waals surface area contributed by atoms with E-state index in [0.717, 1.165) is 5.56 Å². The Morgan fingerprint density at radius 3 is 2.14 bits per heavy atom. The third-order valence-electron chi connectivity index (χ3n) is 5.28. The first-order valence-corrected chi connectivity index (χ1v) is 8.49. The van der Waals surface area contributed by atoms with E-state index in [2.05, 4.69) is 43.3 Å². The standard InChI is InChI=1S/C21H26O/c1-16-8-7-9-18(14-16)21(12-5-3-4-6-13-21)19-10-11-20(22)17(2)15-19/h7-11,14-15,22H,3-6,12-13H2,1-2H3. The Labute approximate surface area is 134 Å². The van der Waals surface area contributed by atoms with E-state index in [4.69, 9.17) is 0 Å². The molecule has 0 aliphatic heterocycles. The fraction of sp³-hybridized carbons (Fsp3) is 0.429. The molecule has 1 aliphatic carbocycles. The SMILES string of the molecule is Cc1cccc(C2(c3ccc(O)c(C)c3)CCCCCC2)c1. The topological polar surface area (TPSA) is 20.2 Å². The molecule has 0 aromatic heterocycles.